The summed E-state index contributed by atoms with van der Waals surface area (Å²) in [6.45, 7) is 1.56. The average molecular weight is 446 g/mol. The second-order valence-electron chi connectivity index (χ2n) is 6.11. The van der Waals surface area contributed by atoms with Gasteiger partial charge in [0.15, 0.2) is 17.5 Å². The Morgan fingerprint density at radius 1 is 1.07 bits per heavy atom. The number of benzene rings is 2. The summed E-state index contributed by atoms with van der Waals surface area (Å²) in [5, 5.41) is 4.57. The predicted molar refractivity (Wildman–Crippen MR) is 115 cm³/mol. The molecule has 3 rings (SSSR count). The van der Waals surface area contributed by atoms with Gasteiger partial charge in [0.05, 0.1) is 4.90 Å². The molecule has 156 valence electrons. The van der Waals surface area contributed by atoms with Crippen LogP contribution in [0.1, 0.15) is 23.7 Å². The average Bonchev–Trinajstić information content (AvgIpc) is 3.25. The molecule has 0 fully saturated rings. The Balaban J connectivity index is 1.53. The number of thiazole rings is 1. The van der Waals surface area contributed by atoms with Crippen LogP contribution in [0.5, 0.6) is 5.75 Å². The molecule has 2 N–H and O–H groups in total. The first kappa shape index (κ1) is 21.5. The maximum absolute atomic E-state index is 12.3. The van der Waals surface area contributed by atoms with Gasteiger partial charge in [0.2, 0.25) is 0 Å². The molecule has 0 saturated carbocycles. The Hall–Kier alpha value is -3.24. The van der Waals surface area contributed by atoms with E-state index < -0.39 is 15.9 Å². The van der Waals surface area contributed by atoms with Crippen molar-refractivity contribution in [2.75, 3.05) is 16.6 Å². The van der Waals surface area contributed by atoms with E-state index in [0.717, 1.165) is 0 Å². The number of rotatable bonds is 9. The van der Waals surface area contributed by atoms with Crippen LogP contribution < -0.4 is 14.8 Å². The number of aromatic nitrogens is 1. The van der Waals surface area contributed by atoms with Crippen molar-refractivity contribution in [2.45, 2.75) is 18.2 Å². The molecule has 0 aliphatic heterocycles. The van der Waals surface area contributed by atoms with Gasteiger partial charge in [-0.3, -0.25) is 14.3 Å². The number of nitrogens with zero attached hydrogens (tertiary/aromatic N) is 1. The molecule has 0 radical (unpaired) electrons. The zero-order valence-corrected chi connectivity index (χ0v) is 17.6. The third kappa shape index (κ3) is 5.65. The van der Waals surface area contributed by atoms with Crippen molar-refractivity contribution in [3.63, 3.8) is 0 Å². The lowest BCUT2D eigenvalue weighted by Crippen LogP contribution is -2.20. The number of sulfonamides is 1. The first-order valence-corrected chi connectivity index (χ1v) is 11.3. The zero-order chi connectivity index (χ0) is 21.6. The molecule has 0 aliphatic carbocycles. The van der Waals surface area contributed by atoms with Crippen molar-refractivity contribution in [2.24, 2.45) is 0 Å². The van der Waals surface area contributed by atoms with Crippen molar-refractivity contribution in [1.29, 1.82) is 0 Å². The van der Waals surface area contributed by atoms with Gasteiger partial charge in [-0.1, -0.05) is 6.92 Å². The molecule has 0 bridgehead atoms. The van der Waals surface area contributed by atoms with Crippen molar-refractivity contribution in [1.82, 2.24) is 4.98 Å². The van der Waals surface area contributed by atoms with Crippen LogP contribution in [0.25, 0.3) is 0 Å². The van der Waals surface area contributed by atoms with E-state index in [2.05, 4.69) is 15.0 Å². The number of ether oxygens (including phenoxy) is 1. The number of ketones is 1. The number of carbonyl (C=O) groups excluding carboxylic acids is 2. The summed E-state index contributed by atoms with van der Waals surface area (Å²) in [5.74, 6) is 0.0966. The van der Waals surface area contributed by atoms with Crippen molar-refractivity contribution in [3.05, 3.63) is 65.7 Å². The summed E-state index contributed by atoms with van der Waals surface area (Å²) >= 11 is 1.17. The van der Waals surface area contributed by atoms with Gasteiger partial charge in [0.25, 0.3) is 15.9 Å². The highest BCUT2D eigenvalue weighted by Gasteiger charge is 2.15. The highest BCUT2D eigenvalue weighted by atomic mass is 32.2. The summed E-state index contributed by atoms with van der Waals surface area (Å²) in [6, 6.07) is 12.3. The highest BCUT2D eigenvalue weighted by molar-refractivity contribution is 7.93. The molecule has 0 spiro atoms. The van der Waals surface area contributed by atoms with Crippen LogP contribution in [0.4, 0.5) is 10.8 Å². The highest BCUT2D eigenvalue weighted by Crippen LogP contribution is 2.20. The molecule has 0 aliphatic rings. The molecular weight excluding hydrogens is 426 g/mol. The summed E-state index contributed by atoms with van der Waals surface area (Å²) in [7, 11) is -3.75. The number of carbonyl (C=O) groups is 2. The van der Waals surface area contributed by atoms with Crippen molar-refractivity contribution in [3.8, 4) is 5.75 Å². The monoisotopic (exact) mass is 445 g/mol. The molecular formula is C20H19N3O5S2. The number of amides is 1. The Morgan fingerprint density at radius 2 is 1.77 bits per heavy atom. The van der Waals surface area contributed by atoms with Crippen molar-refractivity contribution < 1.29 is 22.7 Å². The minimum absolute atomic E-state index is 0.0339. The maximum Gasteiger partial charge on any atom is 0.263 e. The Morgan fingerprint density at radius 3 is 2.37 bits per heavy atom. The minimum Gasteiger partial charge on any atom is -0.484 e. The predicted octanol–water partition coefficient (Wildman–Crippen LogP) is 3.55. The molecule has 10 heteroatoms. The third-order valence-electron chi connectivity index (χ3n) is 3.97. The van der Waals surface area contributed by atoms with Crippen LogP contribution in [0.2, 0.25) is 0 Å². The van der Waals surface area contributed by atoms with Gasteiger partial charge >= 0.3 is 0 Å². The second-order valence-corrected chi connectivity index (χ2v) is 8.68. The number of anilines is 2. The van der Waals surface area contributed by atoms with E-state index in [4.69, 9.17) is 4.74 Å². The van der Waals surface area contributed by atoms with Crippen LogP contribution in [0.15, 0.2) is 65.0 Å². The number of nitrogens with one attached hydrogen (secondary N) is 2. The van der Waals surface area contributed by atoms with Crippen LogP contribution >= 0.6 is 11.3 Å². The number of Topliss-reactive ketones (excluding diaryl/α,β-unsaturated/α-hetero) is 1. The van der Waals surface area contributed by atoms with Gasteiger partial charge in [-0.25, -0.2) is 13.4 Å². The van der Waals surface area contributed by atoms with Crippen LogP contribution in [0, 0.1) is 0 Å². The Bertz CT molecular complexity index is 1110. The molecule has 0 atom stereocenters. The van der Waals surface area contributed by atoms with E-state index >= 15 is 0 Å². The normalized spacial score (nSPS) is 11.0. The van der Waals surface area contributed by atoms with Gasteiger partial charge in [-0.2, -0.15) is 0 Å². The first-order valence-electron chi connectivity index (χ1n) is 8.95. The van der Waals surface area contributed by atoms with Gasteiger partial charge in [0.1, 0.15) is 5.75 Å². The first-order chi connectivity index (χ1) is 14.4. The van der Waals surface area contributed by atoms with Crippen LogP contribution in [-0.4, -0.2) is 31.7 Å². The molecule has 8 nitrogen and oxygen atoms in total. The van der Waals surface area contributed by atoms with Crippen LogP contribution in [0.3, 0.4) is 0 Å². The van der Waals surface area contributed by atoms with Crippen molar-refractivity contribution >= 4 is 43.9 Å². The van der Waals surface area contributed by atoms with Crippen LogP contribution in [-0.2, 0) is 14.8 Å². The molecule has 1 amide bonds. The molecule has 1 aromatic heterocycles. The molecule has 1 heterocycles. The lowest BCUT2D eigenvalue weighted by Gasteiger charge is -2.09. The summed E-state index contributed by atoms with van der Waals surface area (Å²) < 4.78 is 32.4. The van der Waals surface area contributed by atoms with E-state index in [-0.39, 0.29) is 22.4 Å². The fourth-order valence-electron chi connectivity index (χ4n) is 2.45. The van der Waals surface area contributed by atoms with E-state index in [9.17, 15) is 18.0 Å². The number of hydrogen-bond donors (Lipinski definition) is 2. The Kier molecular flexibility index (Phi) is 6.80. The lowest BCUT2D eigenvalue weighted by atomic mass is 10.1. The maximum atomic E-state index is 12.3. The largest absolute Gasteiger partial charge is 0.484 e. The fraction of sp³-hybridized carbons (Fsp3) is 0.150. The topological polar surface area (TPSA) is 114 Å². The standard InChI is InChI=1S/C20H19N3O5S2/c1-2-18(24)14-3-7-16(8-4-14)28-13-19(25)22-15-5-9-17(10-6-15)30(26,27)23-20-21-11-12-29-20/h3-12H,2,13H2,1H3,(H,21,23)(H,22,25). The summed E-state index contributed by atoms with van der Waals surface area (Å²) in [4.78, 5) is 27.6. The van der Waals surface area contributed by atoms with Gasteiger partial charge < -0.3 is 10.1 Å². The van der Waals surface area contributed by atoms with Gasteiger partial charge in [0, 0.05) is 29.2 Å². The quantitative estimate of drug-likeness (QED) is 0.487. The molecule has 0 unspecified atom stereocenters. The van der Waals surface area contributed by atoms with Gasteiger partial charge in [-0.05, 0) is 48.5 Å². The lowest BCUT2D eigenvalue weighted by molar-refractivity contribution is -0.118. The fourth-order valence-corrected chi connectivity index (χ4v) is 4.24. The Labute approximate surface area is 178 Å². The minimum atomic E-state index is -3.75. The summed E-state index contributed by atoms with van der Waals surface area (Å²) in [6.07, 6.45) is 1.92. The molecule has 2 aromatic carbocycles. The second kappa shape index (κ2) is 9.51. The van der Waals surface area contributed by atoms with E-state index in [0.29, 0.717) is 23.4 Å². The van der Waals surface area contributed by atoms with E-state index in [1.165, 1.54) is 41.8 Å². The SMILES string of the molecule is CCC(=O)c1ccc(OCC(=O)Nc2ccc(S(=O)(=O)Nc3nccs3)cc2)cc1. The van der Waals surface area contributed by atoms with Gasteiger partial charge in [-0.15, -0.1) is 11.3 Å². The molecule has 0 saturated heterocycles. The third-order valence-corrected chi connectivity index (χ3v) is 6.14. The smallest absolute Gasteiger partial charge is 0.263 e. The number of hydrogen-bond acceptors (Lipinski definition) is 7. The molecule has 3 aromatic rings. The summed E-state index contributed by atoms with van der Waals surface area (Å²) in [5.41, 5.74) is 1.02. The van der Waals surface area contributed by atoms with E-state index in [1.54, 1.807) is 36.6 Å². The zero-order valence-electron chi connectivity index (χ0n) is 16.0. The van der Waals surface area contributed by atoms with E-state index in [1.807, 2.05) is 0 Å². The molecule has 30 heavy (non-hydrogen) atoms.